The SMILES string of the molecule is CCOc1ccccc1-n1c(=S)[nH]c2cc(Br)cnc21. The third-order valence-corrected chi connectivity index (χ3v) is 3.61. The van der Waals surface area contributed by atoms with Crippen molar-refractivity contribution in [1.29, 1.82) is 0 Å². The topological polar surface area (TPSA) is 42.8 Å². The number of para-hydroxylation sites is 2. The maximum absolute atomic E-state index is 5.67. The van der Waals surface area contributed by atoms with Gasteiger partial charge in [-0.2, -0.15) is 0 Å². The Balaban J connectivity index is 2.30. The van der Waals surface area contributed by atoms with Gasteiger partial charge in [0.1, 0.15) is 5.75 Å². The molecule has 0 aliphatic heterocycles. The number of nitrogens with zero attached hydrogens (tertiary/aromatic N) is 2. The Morgan fingerprint density at radius 3 is 3.00 bits per heavy atom. The van der Waals surface area contributed by atoms with Gasteiger partial charge >= 0.3 is 0 Å². The first-order chi connectivity index (χ1) is 9.70. The van der Waals surface area contributed by atoms with E-state index in [4.69, 9.17) is 17.0 Å². The van der Waals surface area contributed by atoms with Crippen LogP contribution in [0.15, 0.2) is 41.0 Å². The predicted molar refractivity (Wildman–Crippen MR) is 85.1 cm³/mol. The second-order valence-electron chi connectivity index (χ2n) is 4.19. The van der Waals surface area contributed by atoms with Gasteiger partial charge in [-0.15, -0.1) is 0 Å². The molecular weight excluding hydrogens is 338 g/mol. The first-order valence-corrected chi connectivity index (χ1v) is 7.39. The van der Waals surface area contributed by atoms with Gasteiger partial charge in [-0.3, -0.25) is 4.57 Å². The average Bonchev–Trinajstić information content (AvgIpc) is 2.75. The highest BCUT2D eigenvalue weighted by atomic mass is 79.9. The Kier molecular flexibility index (Phi) is 3.58. The molecule has 0 saturated carbocycles. The van der Waals surface area contributed by atoms with Crippen LogP contribution in [0.1, 0.15) is 6.92 Å². The minimum Gasteiger partial charge on any atom is -0.492 e. The Morgan fingerprint density at radius 2 is 2.20 bits per heavy atom. The summed E-state index contributed by atoms with van der Waals surface area (Å²) in [6.45, 7) is 2.56. The normalized spacial score (nSPS) is 10.9. The monoisotopic (exact) mass is 349 g/mol. The van der Waals surface area contributed by atoms with E-state index in [1.54, 1.807) is 6.20 Å². The third kappa shape index (κ3) is 2.25. The molecule has 2 heterocycles. The number of hydrogen-bond acceptors (Lipinski definition) is 3. The molecule has 0 saturated heterocycles. The highest BCUT2D eigenvalue weighted by Crippen LogP contribution is 2.27. The summed E-state index contributed by atoms with van der Waals surface area (Å²) in [5, 5.41) is 0. The van der Waals surface area contributed by atoms with E-state index in [-0.39, 0.29) is 0 Å². The number of fused-ring (bicyclic) bond motifs is 1. The first-order valence-electron chi connectivity index (χ1n) is 6.19. The maximum Gasteiger partial charge on any atom is 0.184 e. The first kappa shape index (κ1) is 13.3. The molecule has 1 aromatic carbocycles. The summed E-state index contributed by atoms with van der Waals surface area (Å²) in [7, 11) is 0. The highest BCUT2D eigenvalue weighted by molar-refractivity contribution is 9.10. The Bertz CT molecular complexity index is 825. The Labute approximate surface area is 129 Å². The van der Waals surface area contributed by atoms with E-state index in [1.165, 1.54) is 0 Å². The van der Waals surface area contributed by atoms with E-state index < -0.39 is 0 Å². The minimum atomic E-state index is 0.595. The number of rotatable bonds is 3. The van der Waals surface area contributed by atoms with Gasteiger partial charge in [-0.25, -0.2) is 4.98 Å². The van der Waals surface area contributed by atoms with Crippen molar-refractivity contribution in [1.82, 2.24) is 14.5 Å². The largest absolute Gasteiger partial charge is 0.492 e. The molecule has 3 rings (SSSR count). The van der Waals surface area contributed by atoms with Crippen LogP contribution in [0.2, 0.25) is 0 Å². The molecule has 1 N–H and O–H groups in total. The lowest BCUT2D eigenvalue weighted by Gasteiger charge is -2.10. The second kappa shape index (κ2) is 5.38. The number of nitrogens with one attached hydrogen (secondary N) is 1. The standard InChI is InChI=1S/C14H12BrN3OS/c1-2-19-12-6-4-3-5-11(12)18-13-10(17-14(18)20)7-9(15)8-16-13/h3-8H,2H2,1H3,(H,17,20). The summed E-state index contributed by atoms with van der Waals surface area (Å²) in [5.74, 6) is 0.789. The van der Waals surface area contributed by atoms with Gasteiger partial charge < -0.3 is 9.72 Å². The molecule has 0 fully saturated rings. The van der Waals surface area contributed by atoms with Gasteiger partial charge in [0.2, 0.25) is 0 Å². The van der Waals surface area contributed by atoms with Crippen molar-refractivity contribution in [3.63, 3.8) is 0 Å². The number of hydrogen-bond donors (Lipinski definition) is 1. The fourth-order valence-corrected chi connectivity index (χ4v) is 2.74. The molecule has 4 nitrogen and oxygen atoms in total. The fourth-order valence-electron chi connectivity index (χ4n) is 2.11. The lowest BCUT2D eigenvalue weighted by atomic mass is 10.3. The van der Waals surface area contributed by atoms with Crippen LogP contribution in [-0.4, -0.2) is 21.1 Å². The van der Waals surface area contributed by atoms with Crippen LogP contribution in [0, 0.1) is 4.77 Å². The van der Waals surface area contributed by atoms with Crippen molar-refractivity contribution in [2.75, 3.05) is 6.61 Å². The van der Waals surface area contributed by atoms with Gasteiger partial charge in [0, 0.05) is 10.7 Å². The second-order valence-corrected chi connectivity index (χ2v) is 5.49. The molecule has 6 heteroatoms. The van der Waals surface area contributed by atoms with Crippen LogP contribution in [0.5, 0.6) is 5.75 Å². The average molecular weight is 350 g/mol. The number of ether oxygens (including phenoxy) is 1. The predicted octanol–water partition coefficient (Wildman–Crippen LogP) is 4.24. The molecule has 0 bridgehead atoms. The highest BCUT2D eigenvalue weighted by Gasteiger charge is 2.12. The van der Waals surface area contributed by atoms with Crippen LogP contribution in [-0.2, 0) is 0 Å². The number of benzene rings is 1. The van der Waals surface area contributed by atoms with Crippen LogP contribution < -0.4 is 4.74 Å². The Hall–Kier alpha value is -1.66. The number of aromatic amines is 1. The summed E-state index contributed by atoms with van der Waals surface area (Å²) in [6, 6.07) is 9.75. The molecule has 3 aromatic rings. The van der Waals surface area contributed by atoms with E-state index >= 15 is 0 Å². The quantitative estimate of drug-likeness (QED) is 0.719. The van der Waals surface area contributed by atoms with Gasteiger partial charge in [0.25, 0.3) is 0 Å². The molecule has 0 aliphatic carbocycles. The maximum atomic E-state index is 5.67. The molecule has 0 radical (unpaired) electrons. The molecule has 0 spiro atoms. The van der Waals surface area contributed by atoms with E-state index in [2.05, 4.69) is 25.9 Å². The van der Waals surface area contributed by atoms with Crippen LogP contribution in [0.3, 0.4) is 0 Å². The van der Waals surface area contributed by atoms with Gasteiger partial charge in [0.15, 0.2) is 10.4 Å². The number of aromatic nitrogens is 3. The van der Waals surface area contributed by atoms with E-state index in [0.717, 1.165) is 27.1 Å². The van der Waals surface area contributed by atoms with Crippen molar-refractivity contribution < 1.29 is 4.74 Å². The number of pyridine rings is 1. The fraction of sp³-hybridized carbons (Fsp3) is 0.143. The van der Waals surface area contributed by atoms with Crippen molar-refractivity contribution in [2.45, 2.75) is 6.92 Å². The van der Waals surface area contributed by atoms with Crippen molar-refractivity contribution in [3.8, 4) is 11.4 Å². The van der Waals surface area contributed by atoms with Crippen molar-refractivity contribution >= 4 is 39.3 Å². The van der Waals surface area contributed by atoms with E-state index in [0.29, 0.717) is 11.4 Å². The molecule has 0 atom stereocenters. The Morgan fingerprint density at radius 1 is 1.40 bits per heavy atom. The molecule has 0 aliphatic rings. The minimum absolute atomic E-state index is 0.595. The van der Waals surface area contributed by atoms with Crippen LogP contribution in [0.25, 0.3) is 16.9 Å². The number of imidazole rings is 1. The summed E-state index contributed by atoms with van der Waals surface area (Å²) in [4.78, 5) is 7.61. The van der Waals surface area contributed by atoms with Crippen molar-refractivity contribution in [2.24, 2.45) is 0 Å². The summed E-state index contributed by atoms with van der Waals surface area (Å²) in [5.41, 5.74) is 2.56. The van der Waals surface area contributed by atoms with E-state index in [9.17, 15) is 0 Å². The zero-order chi connectivity index (χ0) is 14.1. The van der Waals surface area contributed by atoms with Crippen LogP contribution in [0.4, 0.5) is 0 Å². The van der Waals surface area contributed by atoms with Crippen LogP contribution >= 0.6 is 28.1 Å². The number of halogens is 1. The zero-order valence-electron chi connectivity index (χ0n) is 10.8. The van der Waals surface area contributed by atoms with Gasteiger partial charge in [0.05, 0.1) is 17.8 Å². The van der Waals surface area contributed by atoms with Crippen molar-refractivity contribution in [3.05, 3.63) is 45.8 Å². The molecule has 0 amide bonds. The lowest BCUT2D eigenvalue weighted by Crippen LogP contribution is -2.01. The molecule has 0 unspecified atom stereocenters. The third-order valence-electron chi connectivity index (χ3n) is 2.90. The van der Waals surface area contributed by atoms with E-state index in [1.807, 2.05) is 41.8 Å². The summed E-state index contributed by atoms with van der Waals surface area (Å²) < 4.78 is 9.07. The van der Waals surface area contributed by atoms with Gasteiger partial charge in [-0.05, 0) is 53.3 Å². The van der Waals surface area contributed by atoms with Gasteiger partial charge in [-0.1, -0.05) is 12.1 Å². The summed E-state index contributed by atoms with van der Waals surface area (Å²) >= 11 is 8.83. The lowest BCUT2D eigenvalue weighted by molar-refractivity contribution is 0.339. The summed E-state index contributed by atoms with van der Waals surface area (Å²) in [6.07, 6.45) is 1.75. The number of H-pyrrole nitrogens is 1. The smallest absolute Gasteiger partial charge is 0.184 e. The molecular formula is C14H12BrN3OS. The molecule has 102 valence electrons. The zero-order valence-corrected chi connectivity index (χ0v) is 13.2. The molecule has 2 aromatic heterocycles. The molecule has 20 heavy (non-hydrogen) atoms.